The van der Waals surface area contributed by atoms with E-state index in [2.05, 4.69) is 37.2 Å². The van der Waals surface area contributed by atoms with Crippen molar-refractivity contribution in [1.29, 1.82) is 0 Å². The van der Waals surface area contributed by atoms with Crippen LogP contribution in [0.5, 0.6) is 0 Å². The number of primary amides is 1. The van der Waals surface area contributed by atoms with Crippen molar-refractivity contribution in [2.45, 2.75) is 78.9 Å². The SMILES string of the molecule is C#C.C=O.CC(=O)N1CCC[C@H]1C(N)=O.CC(C)(C)OC=O.CCCC.CN. The molecular weight excluding hydrogens is 362 g/mol. The quantitative estimate of drug-likeness (QED) is 0.546. The van der Waals surface area contributed by atoms with E-state index in [1.807, 2.05) is 27.6 Å². The minimum atomic E-state index is -0.391. The second-order valence-electron chi connectivity index (χ2n) is 6.10. The molecule has 2 amide bonds. The molecule has 0 unspecified atom stereocenters. The van der Waals surface area contributed by atoms with Crippen LogP contribution in [0.25, 0.3) is 0 Å². The molecule has 1 fully saturated rings. The Labute approximate surface area is 171 Å². The first-order valence-corrected chi connectivity index (χ1v) is 8.98. The highest BCUT2D eigenvalue weighted by Crippen LogP contribution is 2.16. The van der Waals surface area contributed by atoms with Crippen LogP contribution < -0.4 is 11.5 Å². The first-order chi connectivity index (χ1) is 13.1. The fourth-order valence-electron chi connectivity index (χ4n) is 1.58. The second-order valence-corrected chi connectivity index (χ2v) is 6.10. The van der Waals surface area contributed by atoms with Crippen LogP contribution in [-0.4, -0.2) is 55.2 Å². The Morgan fingerprint density at radius 3 is 1.71 bits per heavy atom. The van der Waals surface area contributed by atoms with E-state index in [4.69, 9.17) is 10.5 Å². The van der Waals surface area contributed by atoms with Crippen LogP contribution in [0, 0.1) is 12.8 Å². The van der Waals surface area contributed by atoms with Crippen LogP contribution in [0.15, 0.2) is 0 Å². The molecular formula is C20H41N3O5. The molecule has 8 nitrogen and oxygen atoms in total. The van der Waals surface area contributed by atoms with E-state index >= 15 is 0 Å². The third-order valence-electron chi connectivity index (χ3n) is 2.89. The Bertz CT molecular complexity index is 371. The molecule has 28 heavy (non-hydrogen) atoms. The van der Waals surface area contributed by atoms with Gasteiger partial charge in [-0.05, 0) is 40.7 Å². The smallest absolute Gasteiger partial charge is 0.293 e. The van der Waals surface area contributed by atoms with E-state index in [9.17, 15) is 14.4 Å². The van der Waals surface area contributed by atoms with Gasteiger partial charge in [0.1, 0.15) is 18.4 Å². The summed E-state index contributed by atoms with van der Waals surface area (Å²) in [4.78, 5) is 40.8. The van der Waals surface area contributed by atoms with Crippen LogP contribution in [0.2, 0.25) is 0 Å². The summed E-state index contributed by atoms with van der Waals surface area (Å²) >= 11 is 0. The monoisotopic (exact) mass is 403 g/mol. The molecule has 0 aliphatic carbocycles. The highest BCUT2D eigenvalue weighted by atomic mass is 16.5. The van der Waals surface area contributed by atoms with E-state index in [0.29, 0.717) is 13.0 Å². The summed E-state index contributed by atoms with van der Waals surface area (Å²) in [5.41, 5.74) is 9.28. The van der Waals surface area contributed by atoms with Crippen LogP contribution in [0.1, 0.15) is 67.2 Å². The summed E-state index contributed by atoms with van der Waals surface area (Å²) < 4.78 is 4.55. The van der Waals surface area contributed by atoms with Crippen LogP contribution >= 0.6 is 0 Å². The van der Waals surface area contributed by atoms with Crippen molar-refractivity contribution in [3.63, 3.8) is 0 Å². The minimum absolute atomic E-state index is 0.0636. The lowest BCUT2D eigenvalue weighted by atomic mass is 10.2. The Balaban J connectivity index is -0.0000000899. The number of terminal acetylenes is 1. The number of likely N-dealkylation sites (tertiary alicyclic amines) is 1. The number of rotatable bonds is 3. The Hall–Kier alpha value is -2.40. The Kier molecular flexibility index (Phi) is 35.0. The molecule has 0 spiro atoms. The highest BCUT2D eigenvalue weighted by Gasteiger charge is 2.30. The normalized spacial score (nSPS) is 13.5. The number of nitrogens with zero attached hydrogens (tertiary/aromatic N) is 1. The lowest BCUT2D eigenvalue weighted by molar-refractivity contribution is -0.138. The van der Waals surface area contributed by atoms with Crippen LogP contribution in [-0.2, 0) is 23.9 Å². The van der Waals surface area contributed by atoms with Crippen molar-refractivity contribution >= 4 is 25.1 Å². The van der Waals surface area contributed by atoms with Gasteiger partial charge in [0.2, 0.25) is 11.8 Å². The highest BCUT2D eigenvalue weighted by molar-refractivity contribution is 5.86. The average molecular weight is 404 g/mol. The first kappa shape index (κ1) is 36.5. The molecule has 0 aromatic rings. The van der Waals surface area contributed by atoms with E-state index in [-0.39, 0.29) is 17.6 Å². The van der Waals surface area contributed by atoms with Crippen LogP contribution in [0.4, 0.5) is 0 Å². The van der Waals surface area contributed by atoms with Crippen molar-refractivity contribution in [3.8, 4) is 12.8 Å². The summed E-state index contributed by atoms with van der Waals surface area (Å²) in [6.45, 7) is 14.4. The standard InChI is InChI=1S/C7H12N2O2.C5H10O2.C4H10.C2H2.CH5N.CH2O/c1-5(10)9-4-2-3-6(9)7(8)11;1-5(2,3)7-4-6;1-3-4-2;3*1-2/h6H,2-4H2,1H3,(H2,8,11);4H,1-3H3;3-4H2,1-2H3;1-2H;2H2,1H3;1H2/t6-;;;;;/m0...../s1. The van der Waals surface area contributed by atoms with E-state index in [1.165, 1.54) is 31.7 Å². The van der Waals surface area contributed by atoms with Gasteiger partial charge in [0.15, 0.2) is 0 Å². The third-order valence-corrected chi connectivity index (χ3v) is 2.89. The molecule has 0 saturated carbocycles. The van der Waals surface area contributed by atoms with Gasteiger partial charge in [-0.2, -0.15) is 0 Å². The van der Waals surface area contributed by atoms with Gasteiger partial charge in [0, 0.05) is 13.5 Å². The third kappa shape index (κ3) is 28.4. The maximum absolute atomic E-state index is 10.9. The number of hydrogen-bond acceptors (Lipinski definition) is 6. The number of nitrogens with two attached hydrogens (primary N) is 2. The fraction of sp³-hybridized carbons (Fsp3) is 0.700. The van der Waals surface area contributed by atoms with E-state index in [0.717, 1.165) is 12.8 Å². The minimum Gasteiger partial charge on any atom is -0.462 e. The molecule has 4 N–H and O–H groups in total. The fourth-order valence-corrected chi connectivity index (χ4v) is 1.58. The molecule has 8 heteroatoms. The zero-order chi connectivity index (χ0) is 23.8. The molecule has 1 rings (SSSR count). The number of carbonyl (C=O) groups excluding carboxylic acids is 4. The average Bonchev–Trinajstić information content (AvgIpc) is 3.17. The number of unbranched alkanes of at least 4 members (excludes halogenated alkanes) is 1. The van der Waals surface area contributed by atoms with Crippen molar-refractivity contribution in [1.82, 2.24) is 4.90 Å². The van der Waals surface area contributed by atoms with Crippen molar-refractivity contribution in [3.05, 3.63) is 0 Å². The maximum Gasteiger partial charge on any atom is 0.293 e. The molecule has 1 atom stereocenters. The first-order valence-electron chi connectivity index (χ1n) is 8.98. The molecule has 166 valence electrons. The zero-order valence-electron chi connectivity index (χ0n) is 18.7. The number of hydrogen-bond donors (Lipinski definition) is 2. The van der Waals surface area contributed by atoms with Gasteiger partial charge in [-0.25, -0.2) is 0 Å². The number of carbonyl (C=O) groups is 4. The van der Waals surface area contributed by atoms with Gasteiger partial charge in [-0.15, -0.1) is 12.8 Å². The second kappa shape index (κ2) is 26.8. The predicted octanol–water partition coefficient (Wildman–Crippen LogP) is 1.89. The Morgan fingerprint density at radius 1 is 1.18 bits per heavy atom. The maximum atomic E-state index is 10.9. The summed E-state index contributed by atoms with van der Waals surface area (Å²) in [7, 11) is 1.50. The van der Waals surface area contributed by atoms with E-state index < -0.39 is 5.91 Å². The molecule has 0 radical (unpaired) electrons. The summed E-state index contributed by atoms with van der Waals surface area (Å²) in [5.74, 6) is -0.455. The Morgan fingerprint density at radius 2 is 1.57 bits per heavy atom. The van der Waals surface area contributed by atoms with Crippen molar-refractivity contribution in [2.24, 2.45) is 11.5 Å². The summed E-state index contributed by atoms with van der Waals surface area (Å²) in [6.07, 6.45) is 12.2. The van der Waals surface area contributed by atoms with Crippen molar-refractivity contribution < 1.29 is 23.9 Å². The van der Waals surface area contributed by atoms with E-state index in [1.54, 1.807) is 0 Å². The molecule has 1 aliphatic heterocycles. The topological polar surface area (TPSA) is 133 Å². The molecule has 0 bridgehead atoms. The van der Waals surface area contributed by atoms with Crippen molar-refractivity contribution in [2.75, 3.05) is 13.6 Å². The predicted molar refractivity (Wildman–Crippen MR) is 114 cm³/mol. The largest absolute Gasteiger partial charge is 0.462 e. The van der Waals surface area contributed by atoms with Gasteiger partial charge in [0.25, 0.3) is 6.47 Å². The molecule has 1 saturated heterocycles. The molecule has 1 aliphatic rings. The molecule has 1 heterocycles. The molecule has 0 aromatic carbocycles. The lowest BCUT2D eigenvalue weighted by Gasteiger charge is -2.19. The number of amides is 2. The van der Waals surface area contributed by atoms with Gasteiger partial charge >= 0.3 is 0 Å². The lowest BCUT2D eigenvalue weighted by Crippen LogP contribution is -2.42. The van der Waals surface area contributed by atoms with Gasteiger partial charge in [-0.3, -0.25) is 14.4 Å². The van der Waals surface area contributed by atoms with Gasteiger partial charge in [-0.1, -0.05) is 26.7 Å². The summed E-state index contributed by atoms with van der Waals surface area (Å²) in [5, 5.41) is 0. The zero-order valence-corrected chi connectivity index (χ0v) is 18.7. The number of ether oxygens (including phenoxy) is 1. The summed E-state index contributed by atoms with van der Waals surface area (Å²) in [6, 6.07) is -0.354. The van der Waals surface area contributed by atoms with Gasteiger partial charge in [0.05, 0.1) is 0 Å². The van der Waals surface area contributed by atoms with Gasteiger partial charge < -0.3 is 25.9 Å². The molecule has 0 aromatic heterocycles. The van der Waals surface area contributed by atoms with Crippen LogP contribution in [0.3, 0.4) is 0 Å².